The number of aliphatic hydroxyl groups excluding tert-OH is 1. The van der Waals surface area contributed by atoms with Crippen LogP contribution in [0.1, 0.15) is 64.5 Å². The molecule has 39 heavy (non-hydrogen) atoms. The van der Waals surface area contributed by atoms with Crippen molar-refractivity contribution in [3.63, 3.8) is 0 Å². The summed E-state index contributed by atoms with van der Waals surface area (Å²) in [7, 11) is 0. The molecule has 0 atom stereocenters. The minimum Gasteiger partial charge on any atom is 0 e. The van der Waals surface area contributed by atoms with Gasteiger partial charge in [-0.3, -0.25) is 4.79 Å². The van der Waals surface area contributed by atoms with Crippen LogP contribution in [-0.2, 0) is 24.9 Å². The van der Waals surface area contributed by atoms with Gasteiger partial charge in [0.05, 0.1) is 5.76 Å². The third-order valence-corrected chi connectivity index (χ3v) is 11.6. The molecule has 2 aromatic carbocycles. The third-order valence-electron chi connectivity index (χ3n) is 7.43. The van der Waals surface area contributed by atoms with Gasteiger partial charge in [0.2, 0.25) is 0 Å². The molecule has 0 saturated carbocycles. The number of allylic oxidation sites excluding steroid dienone is 2. The van der Waals surface area contributed by atoms with Gasteiger partial charge < -0.3 is 5.11 Å². The number of carbonyl (C=O) groups is 1. The van der Waals surface area contributed by atoms with Crippen LogP contribution in [0, 0.1) is 31.7 Å². The maximum absolute atomic E-state index is 11.7. The second-order valence-corrected chi connectivity index (χ2v) is 21.8. The monoisotopic (exact) mass is 770 g/mol. The van der Waals surface area contributed by atoms with Gasteiger partial charge in [0.25, 0.3) is 0 Å². The maximum Gasteiger partial charge on any atom is 0 e. The molecule has 4 rings (SSSR count). The summed E-state index contributed by atoms with van der Waals surface area (Å²) in [5.41, 5.74) is 5.08. The fourth-order valence-corrected chi connectivity index (χ4v) is 8.09. The molecule has 3 aromatic rings. The molecule has 0 amide bonds. The SMILES string of the molecule is CCC(CC)C(=O)/C=C(\O)C(CC)CC.Cc1[c-]c2c(c(C)c1)Oc1[c]([Ge]([CH3])([CH3])[CH3])ccc3ncnc-2c13.[Ir]. The van der Waals surface area contributed by atoms with Crippen molar-refractivity contribution in [3.8, 4) is 22.8 Å². The van der Waals surface area contributed by atoms with E-state index in [1.165, 1.54) is 10.5 Å². The molecule has 1 aliphatic heterocycles. The Labute approximate surface area is 250 Å². The Kier molecular flexibility index (Phi) is 12.0. The molecule has 1 radical (unpaired) electrons. The first kappa shape index (κ1) is 33.2. The number of ether oxygens (including phenoxy) is 1. The largest absolute Gasteiger partial charge is 0 e. The predicted octanol–water partition coefficient (Wildman–Crippen LogP) is 8.23. The molecular weight excluding hydrogens is 725 g/mol. The van der Waals surface area contributed by atoms with Crippen molar-refractivity contribution >= 4 is 34.3 Å². The third kappa shape index (κ3) is 7.39. The number of aryl methyl sites for hydroxylation is 2. The zero-order valence-corrected chi connectivity index (χ0v) is 29.4. The summed E-state index contributed by atoms with van der Waals surface area (Å²) in [6.45, 7) is 12.2. The molecule has 7 heteroatoms. The van der Waals surface area contributed by atoms with Crippen LogP contribution in [-0.4, -0.2) is 34.1 Å². The van der Waals surface area contributed by atoms with E-state index >= 15 is 0 Å². The number of benzene rings is 2. The second kappa shape index (κ2) is 14.1. The summed E-state index contributed by atoms with van der Waals surface area (Å²) < 4.78 is 7.79. The Bertz CT molecular complexity index is 1340. The van der Waals surface area contributed by atoms with E-state index in [1.807, 2.05) is 27.7 Å². The van der Waals surface area contributed by atoms with E-state index in [-0.39, 0.29) is 43.5 Å². The molecule has 1 aliphatic rings. The summed E-state index contributed by atoms with van der Waals surface area (Å²) >= 11 is -2.08. The molecule has 0 unspecified atom stereocenters. The van der Waals surface area contributed by atoms with E-state index in [4.69, 9.17) is 4.74 Å². The van der Waals surface area contributed by atoms with Gasteiger partial charge in [-0.25, -0.2) is 0 Å². The fourth-order valence-electron chi connectivity index (χ4n) is 5.07. The van der Waals surface area contributed by atoms with E-state index in [1.54, 1.807) is 6.33 Å². The van der Waals surface area contributed by atoms with Crippen LogP contribution in [0.5, 0.6) is 11.5 Å². The number of aromatic nitrogens is 2. The van der Waals surface area contributed by atoms with Gasteiger partial charge in [0.1, 0.15) is 0 Å². The molecule has 0 aliphatic carbocycles. The van der Waals surface area contributed by atoms with Crippen LogP contribution in [0.3, 0.4) is 0 Å². The van der Waals surface area contributed by atoms with Crippen LogP contribution in [0.4, 0.5) is 0 Å². The van der Waals surface area contributed by atoms with E-state index < -0.39 is 13.3 Å². The Morgan fingerprint density at radius 3 is 2.18 bits per heavy atom. The van der Waals surface area contributed by atoms with Crippen molar-refractivity contribution in [3.05, 3.63) is 53.6 Å². The maximum atomic E-state index is 11.7. The van der Waals surface area contributed by atoms with Gasteiger partial charge in [-0.2, -0.15) is 0 Å². The van der Waals surface area contributed by atoms with Crippen molar-refractivity contribution in [1.29, 1.82) is 0 Å². The van der Waals surface area contributed by atoms with Gasteiger partial charge in [0, 0.05) is 38.0 Å². The Morgan fingerprint density at radius 2 is 1.62 bits per heavy atom. The number of fused-ring (bicyclic) bond motifs is 2. The molecule has 1 aromatic heterocycles. The predicted molar refractivity (Wildman–Crippen MR) is 160 cm³/mol. The second-order valence-electron chi connectivity index (χ2n) is 11.2. The van der Waals surface area contributed by atoms with Gasteiger partial charge in [0.15, 0.2) is 5.78 Å². The van der Waals surface area contributed by atoms with Gasteiger partial charge in [-0.05, 0) is 25.7 Å². The summed E-state index contributed by atoms with van der Waals surface area (Å²) in [5.74, 6) is 9.56. The fraction of sp³-hybridized carbons (Fsp3) is 0.469. The van der Waals surface area contributed by atoms with E-state index in [0.29, 0.717) is 0 Å². The molecular formula is C32H43GeIrN2O3-. The van der Waals surface area contributed by atoms with Crippen molar-refractivity contribution in [2.75, 3.05) is 0 Å². The zero-order chi connectivity index (χ0) is 28.2. The normalized spacial score (nSPS) is 12.4. The Morgan fingerprint density at radius 1 is 1.00 bits per heavy atom. The molecule has 5 nitrogen and oxygen atoms in total. The van der Waals surface area contributed by atoms with Crippen molar-refractivity contribution in [2.24, 2.45) is 11.8 Å². The van der Waals surface area contributed by atoms with Crippen molar-refractivity contribution in [1.82, 2.24) is 9.97 Å². The van der Waals surface area contributed by atoms with Gasteiger partial charge in [-0.15, -0.1) is 0 Å². The number of hydrogen-bond acceptors (Lipinski definition) is 5. The van der Waals surface area contributed by atoms with E-state index in [2.05, 4.69) is 65.3 Å². The summed E-state index contributed by atoms with van der Waals surface area (Å²) in [4.78, 5) is 20.7. The summed E-state index contributed by atoms with van der Waals surface area (Å²) in [5, 5.41) is 10.8. The molecule has 0 bridgehead atoms. The first-order valence-corrected chi connectivity index (χ1v) is 21.2. The Hall–Kier alpha value is -2.02. The van der Waals surface area contributed by atoms with Crippen LogP contribution in [0.2, 0.25) is 17.3 Å². The summed E-state index contributed by atoms with van der Waals surface area (Å²) in [6.07, 6.45) is 6.55. The number of rotatable bonds is 8. The first-order valence-electron chi connectivity index (χ1n) is 13.9. The number of ketones is 1. The average Bonchev–Trinajstić information content (AvgIpc) is 2.86. The zero-order valence-electron chi connectivity index (χ0n) is 24.9. The van der Waals surface area contributed by atoms with E-state index in [0.717, 1.165) is 70.5 Å². The topological polar surface area (TPSA) is 72.3 Å². The van der Waals surface area contributed by atoms with Gasteiger partial charge in [-0.1, -0.05) is 27.7 Å². The molecule has 1 N–H and O–H groups in total. The van der Waals surface area contributed by atoms with Crippen molar-refractivity contribution in [2.45, 2.75) is 84.5 Å². The number of hydrogen-bond donors (Lipinski definition) is 1. The van der Waals surface area contributed by atoms with Crippen LogP contribution >= 0.6 is 0 Å². The molecule has 0 fully saturated rings. The summed E-state index contributed by atoms with van der Waals surface area (Å²) in [6, 6.07) is 9.85. The van der Waals surface area contributed by atoms with Crippen LogP contribution in [0.15, 0.2) is 36.4 Å². The number of aliphatic hydroxyl groups is 1. The quantitative estimate of drug-likeness (QED) is 0.0847. The van der Waals surface area contributed by atoms with Crippen molar-refractivity contribution < 1.29 is 34.7 Å². The average molecular weight is 769 g/mol. The molecule has 2 heterocycles. The first-order chi connectivity index (χ1) is 18.0. The Balaban J connectivity index is 0.000000294. The number of carbonyl (C=O) groups excluding carboxylic acids is 1. The smallest absolute Gasteiger partial charge is 0 e. The van der Waals surface area contributed by atoms with Crippen LogP contribution < -0.4 is 9.13 Å². The molecule has 213 valence electrons. The number of nitrogens with zero attached hydrogens (tertiary/aromatic N) is 2. The van der Waals surface area contributed by atoms with E-state index in [9.17, 15) is 9.90 Å². The minimum absolute atomic E-state index is 0. The van der Waals surface area contributed by atoms with Crippen LogP contribution in [0.25, 0.3) is 22.2 Å². The standard InChI is InChI=1S/C19H19GeN2O.C13H24O2.Ir/c1-11-8-12(2)18-13(9-11)17-16-15(21-10-22-17)7-6-14(19(16)23-18)20(3,4)5;1-5-10(6-2)12(14)9-13(15)11(7-3)8-4;/h6-8,10H,1-5H3;9-11,14H,5-8H2,1-4H3;/q-1;;/b;12-9-;. The minimum atomic E-state index is -2.08. The molecule has 0 saturated heterocycles. The van der Waals surface area contributed by atoms with Gasteiger partial charge >= 0.3 is 139 Å². The molecule has 0 spiro atoms.